The lowest BCUT2D eigenvalue weighted by Gasteiger charge is -2.00. The first kappa shape index (κ1) is 12.6. The van der Waals surface area contributed by atoms with Crippen molar-refractivity contribution in [2.24, 2.45) is 0 Å². The SMILES string of the molecule is COCc1nc(-c2ccccc2)c(-c2ccccc2)o1. The predicted octanol–water partition coefficient (Wildman–Crippen LogP) is 4.16. The van der Waals surface area contributed by atoms with E-state index < -0.39 is 0 Å². The molecule has 0 radical (unpaired) electrons. The number of ether oxygens (including phenoxy) is 1. The van der Waals surface area contributed by atoms with E-state index in [4.69, 9.17) is 9.15 Å². The summed E-state index contributed by atoms with van der Waals surface area (Å²) in [5.41, 5.74) is 2.91. The maximum Gasteiger partial charge on any atom is 0.221 e. The minimum Gasteiger partial charge on any atom is -0.437 e. The molecule has 2 aromatic carbocycles. The van der Waals surface area contributed by atoms with E-state index in [1.165, 1.54) is 0 Å². The van der Waals surface area contributed by atoms with Crippen molar-refractivity contribution in [2.75, 3.05) is 7.11 Å². The molecule has 3 nitrogen and oxygen atoms in total. The van der Waals surface area contributed by atoms with Gasteiger partial charge in [0.05, 0.1) is 0 Å². The van der Waals surface area contributed by atoms with E-state index in [9.17, 15) is 0 Å². The Bertz CT molecular complexity index is 618. The van der Waals surface area contributed by atoms with Crippen LogP contribution in [0.1, 0.15) is 5.89 Å². The van der Waals surface area contributed by atoms with Gasteiger partial charge in [0.1, 0.15) is 12.3 Å². The summed E-state index contributed by atoms with van der Waals surface area (Å²) >= 11 is 0. The first-order valence-corrected chi connectivity index (χ1v) is 6.48. The zero-order valence-electron chi connectivity index (χ0n) is 11.2. The van der Waals surface area contributed by atoms with E-state index in [0.717, 1.165) is 22.6 Å². The van der Waals surface area contributed by atoms with Gasteiger partial charge in [0.2, 0.25) is 5.89 Å². The third-order valence-electron chi connectivity index (χ3n) is 3.02. The van der Waals surface area contributed by atoms with Crippen molar-refractivity contribution >= 4 is 0 Å². The van der Waals surface area contributed by atoms with Crippen molar-refractivity contribution in [2.45, 2.75) is 6.61 Å². The first-order valence-electron chi connectivity index (χ1n) is 6.48. The Balaban J connectivity index is 2.13. The van der Waals surface area contributed by atoms with E-state index in [1.807, 2.05) is 60.7 Å². The van der Waals surface area contributed by atoms with Gasteiger partial charge in [-0.25, -0.2) is 4.98 Å². The fourth-order valence-electron chi connectivity index (χ4n) is 2.13. The van der Waals surface area contributed by atoms with Crippen LogP contribution >= 0.6 is 0 Å². The number of benzene rings is 2. The highest BCUT2D eigenvalue weighted by atomic mass is 16.5. The summed E-state index contributed by atoms with van der Waals surface area (Å²) in [5, 5.41) is 0. The third kappa shape index (κ3) is 2.49. The van der Waals surface area contributed by atoms with Crippen LogP contribution in [0.5, 0.6) is 0 Å². The van der Waals surface area contributed by atoms with Crippen molar-refractivity contribution < 1.29 is 9.15 Å². The van der Waals surface area contributed by atoms with E-state index in [0.29, 0.717) is 12.5 Å². The van der Waals surface area contributed by atoms with Gasteiger partial charge in [0.25, 0.3) is 0 Å². The van der Waals surface area contributed by atoms with Crippen LogP contribution in [0.2, 0.25) is 0 Å². The average molecular weight is 265 g/mol. The van der Waals surface area contributed by atoms with E-state index >= 15 is 0 Å². The van der Waals surface area contributed by atoms with Crippen LogP contribution < -0.4 is 0 Å². The van der Waals surface area contributed by atoms with Gasteiger partial charge >= 0.3 is 0 Å². The Morgan fingerprint density at radius 3 is 2.10 bits per heavy atom. The normalized spacial score (nSPS) is 10.7. The number of methoxy groups -OCH3 is 1. The topological polar surface area (TPSA) is 35.3 Å². The summed E-state index contributed by atoms with van der Waals surface area (Å²) in [6.45, 7) is 0.368. The predicted molar refractivity (Wildman–Crippen MR) is 78.1 cm³/mol. The van der Waals surface area contributed by atoms with Crippen LogP contribution in [0.4, 0.5) is 0 Å². The molecule has 0 fully saturated rings. The summed E-state index contributed by atoms with van der Waals surface area (Å²) in [4.78, 5) is 4.55. The van der Waals surface area contributed by atoms with Crippen LogP contribution in [-0.2, 0) is 11.3 Å². The number of oxazole rings is 1. The zero-order chi connectivity index (χ0) is 13.8. The van der Waals surface area contributed by atoms with E-state index in [-0.39, 0.29) is 0 Å². The third-order valence-corrected chi connectivity index (χ3v) is 3.02. The summed E-state index contributed by atoms with van der Waals surface area (Å²) in [5.74, 6) is 1.37. The van der Waals surface area contributed by atoms with Crippen molar-refractivity contribution in [3.63, 3.8) is 0 Å². The molecule has 0 bridgehead atoms. The Morgan fingerprint density at radius 1 is 0.900 bits per heavy atom. The van der Waals surface area contributed by atoms with Crippen molar-refractivity contribution in [3.8, 4) is 22.6 Å². The Morgan fingerprint density at radius 2 is 1.50 bits per heavy atom. The van der Waals surface area contributed by atoms with Crippen LogP contribution in [0.3, 0.4) is 0 Å². The highest BCUT2D eigenvalue weighted by Crippen LogP contribution is 2.32. The second kappa shape index (κ2) is 5.72. The monoisotopic (exact) mass is 265 g/mol. The number of nitrogens with zero attached hydrogens (tertiary/aromatic N) is 1. The molecule has 0 aliphatic carbocycles. The molecule has 0 amide bonds. The molecule has 20 heavy (non-hydrogen) atoms. The molecule has 100 valence electrons. The molecule has 1 aromatic heterocycles. The molecule has 0 aliphatic rings. The molecule has 3 heteroatoms. The molecular weight excluding hydrogens is 250 g/mol. The van der Waals surface area contributed by atoms with Gasteiger partial charge in [-0.2, -0.15) is 0 Å². The fraction of sp³-hybridized carbons (Fsp3) is 0.118. The fourth-order valence-corrected chi connectivity index (χ4v) is 2.13. The summed E-state index contributed by atoms with van der Waals surface area (Å²) < 4.78 is 11.0. The molecule has 0 aliphatic heterocycles. The van der Waals surface area contributed by atoms with Gasteiger partial charge in [0, 0.05) is 18.2 Å². The summed E-state index contributed by atoms with van der Waals surface area (Å²) in [6.07, 6.45) is 0. The maximum atomic E-state index is 5.86. The summed E-state index contributed by atoms with van der Waals surface area (Å²) in [6, 6.07) is 20.0. The minimum atomic E-state index is 0.368. The molecule has 3 rings (SSSR count). The van der Waals surface area contributed by atoms with Gasteiger partial charge in [-0.1, -0.05) is 60.7 Å². The van der Waals surface area contributed by atoms with E-state index in [2.05, 4.69) is 4.98 Å². The van der Waals surface area contributed by atoms with Gasteiger partial charge in [-0.05, 0) is 0 Å². The summed E-state index contributed by atoms with van der Waals surface area (Å²) in [7, 11) is 1.63. The molecule has 0 unspecified atom stereocenters. The molecule has 3 aromatic rings. The van der Waals surface area contributed by atoms with Gasteiger partial charge in [-0.3, -0.25) is 0 Å². The quantitative estimate of drug-likeness (QED) is 0.710. The van der Waals surface area contributed by atoms with Crippen molar-refractivity contribution in [1.82, 2.24) is 4.98 Å². The number of rotatable bonds is 4. The lowest BCUT2D eigenvalue weighted by Crippen LogP contribution is -1.86. The molecule has 0 saturated carbocycles. The van der Waals surface area contributed by atoms with Crippen molar-refractivity contribution in [3.05, 3.63) is 66.6 Å². The van der Waals surface area contributed by atoms with Gasteiger partial charge < -0.3 is 9.15 Å². The van der Waals surface area contributed by atoms with Crippen LogP contribution in [0.15, 0.2) is 65.1 Å². The zero-order valence-corrected chi connectivity index (χ0v) is 11.2. The molecule has 0 saturated heterocycles. The largest absolute Gasteiger partial charge is 0.437 e. The number of aromatic nitrogens is 1. The second-order valence-corrected chi connectivity index (χ2v) is 4.45. The lowest BCUT2D eigenvalue weighted by molar-refractivity contribution is 0.160. The standard InChI is InChI=1S/C17H15NO2/c1-19-12-15-18-16(13-8-4-2-5-9-13)17(20-15)14-10-6-3-7-11-14/h2-11H,12H2,1H3. The Hall–Kier alpha value is -2.39. The van der Waals surface area contributed by atoms with Crippen LogP contribution in [0, 0.1) is 0 Å². The first-order chi connectivity index (χ1) is 9.88. The highest BCUT2D eigenvalue weighted by Gasteiger charge is 2.16. The maximum absolute atomic E-state index is 5.86. The smallest absolute Gasteiger partial charge is 0.221 e. The minimum absolute atomic E-state index is 0.368. The van der Waals surface area contributed by atoms with Crippen LogP contribution in [0.25, 0.3) is 22.6 Å². The van der Waals surface area contributed by atoms with Gasteiger partial charge in [0.15, 0.2) is 5.76 Å². The molecular formula is C17H15NO2. The van der Waals surface area contributed by atoms with Crippen molar-refractivity contribution in [1.29, 1.82) is 0 Å². The Labute approximate surface area is 117 Å². The van der Waals surface area contributed by atoms with E-state index in [1.54, 1.807) is 7.11 Å². The van der Waals surface area contributed by atoms with Gasteiger partial charge in [-0.15, -0.1) is 0 Å². The highest BCUT2D eigenvalue weighted by molar-refractivity contribution is 5.76. The number of hydrogen-bond acceptors (Lipinski definition) is 3. The number of hydrogen-bond donors (Lipinski definition) is 0. The second-order valence-electron chi connectivity index (χ2n) is 4.45. The lowest BCUT2D eigenvalue weighted by atomic mass is 10.1. The molecule has 1 heterocycles. The molecule has 0 spiro atoms. The Kier molecular flexibility index (Phi) is 3.61. The average Bonchev–Trinajstić information content (AvgIpc) is 2.93. The van der Waals surface area contributed by atoms with Crippen LogP contribution in [-0.4, -0.2) is 12.1 Å². The molecule has 0 N–H and O–H groups in total. The molecule has 0 atom stereocenters.